The average Bonchev–Trinajstić information content (AvgIpc) is 2.58. The Labute approximate surface area is 90.7 Å². The summed E-state index contributed by atoms with van der Waals surface area (Å²) in [4.78, 5) is 11.3. The van der Waals surface area contributed by atoms with Crippen LogP contribution in [0.3, 0.4) is 0 Å². The number of hydrogen-bond donors (Lipinski definition) is 2. The van der Waals surface area contributed by atoms with E-state index in [2.05, 4.69) is 10.6 Å². The smallest absolute Gasteiger partial charge is 0.234 e. The van der Waals surface area contributed by atoms with Crippen molar-refractivity contribution in [2.24, 2.45) is 7.05 Å². The van der Waals surface area contributed by atoms with E-state index in [1.165, 1.54) is 0 Å². The molecule has 0 radical (unpaired) electrons. The van der Waals surface area contributed by atoms with Crippen LogP contribution in [0.15, 0.2) is 18.5 Å². The molecule has 84 valence electrons. The van der Waals surface area contributed by atoms with Crippen molar-refractivity contribution in [2.45, 2.75) is 26.4 Å². The fraction of sp³-hybridized carbons (Fsp3) is 0.545. The molecule has 0 saturated carbocycles. The number of nitrogens with zero attached hydrogens (tertiary/aromatic N) is 1. The highest BCUT2D eigenvalue weighted by atomic mass is 16.1. The summed E-state index contributed by atoms with van der Waals surface area (Å²) in [6.45, 7) is 5.01. The molecular formula is C11H19N3O. The van der Waals surface area contributed by atoms with Gasteiger partial charge in [0.15, 0.2) is 0 Å². The molecule has 1 amide bonds. The van der Waals surface area contributed by atoms with Gasteiger partial charge in [0.2, 0.25) is 5.91 Å². The Bertz CT molecular complexity index is 317. The van der Waals surface area contributed by atoms with E-state index in [1.807, 2.05) is 43.9 Å². The van der Waals surface area contributed by atoms with Gasteiger partial charge >= 0.3 is 0 Å². The molecule has 1 aromatic heterocycles. The summed E-state index contributed by atoms with van der Waals surface area (Å²) in [6, 6.07) is 2.34. The number of hydrogen-bond acceptors (Lipinski definition) is 2. The normalized spacial score (nSPS) is 10.7. The number of aromatic nitrogens is 1. The van der Waals surface area contributed by atoms with Crippen LogP contribution in [0, 0.1) is 0 Å². The molecular weight excluding hydrogens is 190 g/mol. The van der Waals surface area contributed by atoms with Crippen molar-refractivity contribution in [3.63, 3.8) is 0 Å². The molecule has 0 saturated heterocycles. The highest BCUT2D eigenvalue weighted by Gasteiger charge is 2.02. The number of rotatable bonds is 5. The topological polar surface area (TPSA) is 46.1 Å². The van der Waals surface area contributed by atoms with E-state index in [9.17, 15) is 4.79 Å². The molecule has 0 atom stereocenters. The molecule has 0 aliphatic heterocycles. The zero-order valence-electron chi connectivity index (χ0n) is 9.58. The summed E-state index contributed by atoms with van der Waals surface area (Å²) in [7, 11) is 1.96. The molecule has 1 aromatic rings. The number of amides is 1. The van der Waals surface area contributed by atoms with Crippen molar-refractivity contribution in [1.29, 1.82) is 0 Å². The lowest BCUT2D eigenvalue weighted by Crippen LogP contribution is -2.36. The molecule has 4 heteroatoms. The fourth-order valence-electron chi connectivity index (χ4n) is 1.23. The Kier molecular flexibility index (Phi) is 4.37. The number of carbonyl (C=O) groups is 1. The predicted octanol–water partition coefficient (Wildman–Crippen LogP) is 0.639. The van der Waals surface area contributed by atoms with Crippen LogP contribution in [0.5, 0.6) is 0 Å². The molecule has 0 aliphatic carbocycles. The van der Waals surface area contributed by atoms with Gasteiger partial charge in [-0.15, -0.1) is 0 Å². The van der Waals surface area contributed by atoms with Crippen molar-refractivity contribution in [3.05, 3.63) is 24.0 Å². The standard InChI is InChI=1S/C11H19N3O/c1-9(2)12-7-11(15)13-6-10-4-5-14(3)8-10/h4-5,8-9,12H,6-7H2,1-3H3,(H,13,15). The number of nitrogens with one attached hydrogen (secondary N) is 2. The maximum atomic E-state index is 11.3. The van der Waals surface area contributed by atoms with E-state index in [0.717, 1.165) is 5.56 Å². The maximum absolute atomic E-state index is 11.3. The first-order valence-electron chi connectivity index (χ1n) is 5.19. The first kappa shape index (κ1) is 11.8. The first-order valence-corrected chi connectivity index (χ1v) is 5.19. The molecule has 1 rings (SSSR count). The minimum Gasteiger partial charge on any atom is -0.357 e. The largest absolute Gasteiger partial charge is 0.357 e. The third kappa shape index (κ3) is 4.65. The van der Waals surface area contributed by atoms with Gasteiger partial charge in [0, 0.05) is 32.0 Å². The van der Waals surface area contributed by atoms with Crippen LogP contribution in [0.4, 0.5) is 0 Å². The van der Waals surface area contributed by atoms with E-state index >= 15 is 0 Å². The van der Waals surface area contributed by atoms with Gasteiger partial charge in [-0.1, -0.05) is 13.8 Å². The van der Waals surface area contributed by atoms with Crippen molar-refractivity contribution in [3.8, 4) is 0 Å². The van der Waals surface area contributed by atoms with Crippen molar-refractivity contribution >= 4 is 5.91 Å². The van der Waals surface area contributed by atoms with Crippen LogP contribution >= 0.6 is 0 Å². The molecule has 15 heavy (non-hydrogen) atoms. The summed E-state index contributed by atoms with van der Waals surface area (Å²) in [5.41, 5.74) is 1.12. The molecule has 4 nitrogen and oxygen atoms in total. The lowest BCUT2D eigenvalue weighted by atomic mass is 10.3. The maximum Gasteiger partial charge on any atom is 0.234 e. The van der Waals surface area contributed by atoms with Crippen molar-refractivity contribution < 1.29 is 4.79 Å². The molecule has 1 heterocycles. The Morgan fingerprint density at radius 2 is 2.27 bits per heavy atom. The summed E-state index contributed by atoms with van der Waals surface area (Å²) < 4.78 is 1.97. The van der Waals surface area contributed by atoms with Crippen LogP contribution in [-0.2, 0) is 18.4 Å². The lowest BCUT2D eigenvalue weighted by molar-refractivity contribution is -0.120. The zero-order chi connectivity index (χ0) is 11.3. The minimum atomic E-state index is 0.0348. The molecule has 0 unspecified atom stereocenters. The number of aryl methyl sites for hydroxylation is 1. The van der Waals surface area contributed by atoms with Gasteiger partial charge in [-0.2, -0.15) is 0 Å². The van der Waals surface area contributed by atoms with Crippen LogP contribution in [0.1, 0.15) is 19.4 Å². The zero-order valence-corrected chi connectivity index (χ0v) is 9.58. The highest BCUT2D eigenvalue weighted by Crippen LogP contribution is 1.97. The van der Waals surface area contributed by atoms with Crippen molar-refractivity contribution in [1.82, 2.24) is 15.2 Å². The summed E-state index contributed by atoms with van der Waals surface area (Å²) in [5, 5.41) is 5.92. The molecule has 2 N–H and O–H groups in total. The van der Waals surface area contributed by atoms with E-state index in [-0.39, 0.29) is 5.91 Å². The molecule has 0 spiro atoms. The van der Waals surface area contributed by atoms with Crippen LogP contribution < -0.4 is 10.6 Å². The van der Waals surface area contributed by atoms with Gasteiger partial charge in [-0.05, 0) is 11.6 Å². The second kappa shape index (κ2) is 5.56. The van der Waals surface area contributed by atoms with Gasteiger partial charge in [0.25, 0.3) is 0 Å². The SMILES string of the molecule is CC(C)NCC(=O)NCc1ccn(C)c1. The quantitative estimate of drug-likeness (QED) is 0.747. The van der Waals surface area contributed by atoms with Gasteiger partial charge < -0.3 is 15.2 Å². The lowest BCUT2D eigenvalue weighted by Gasteiger charge is -2.08. The van der Waals surface area contributed by atoms with Gasteiger partial charge in [0.05, 0.1) is 6.54 Å². The van der Waals surface area contributed by atoms with E-state index in [1.54, 1.807) is 0 Å². The summed E-state index contributed by atoms with van der Waals surface area (Å²) >= 11 is 0. The predicted molar refractivity (Wildman–Crippen MR) is 60.4 cm³/mol. The Balaban J connectivity index is 2.22. The first-order chi connectivity index (χ1) is 7.08. The van der Waals surface area contributed by atoms with E-state index in [4.69, 9.17) is 0 Å². The molecule has 0 fully saturated rings. The Hall–Kier alpha value is -1.29. The highest BCUT2D eigenvalue weighted by molar-refractivity contribution is 5.77. The average molecular weight is 209 g/mol. The second-order valence-corrected chi connectivity index (χ2v) is 4.00. The van der Waals surface area contributed by atoms with Crippen LogP contribution in [0.25, 0.3) is 0 Å². The van der Waals surface area contributed by atoms with Gasteiger partial charge in [-0.3, -0.25) is 4.79 Å². The number of carbonyl (C=O) groups excluding carboxylic acids is 1. The molecule has 0 bridgehead atoms. The van der Waals surface area contributed by atoms with Crippen LogP contribution in [-0.4, -0.2) is 23.1 Å². The van der Waals surface area contributed by atoms with Gasteiger partial charge in [0.1, 0.15) is 0 Å². The minimum absolute atomic E-state index is 0.0348. The van der Waals surface area contributed by atoms with Crippen molar-refractivity contribution in [2.75, 3.05) is 6.54 Å². The van der Waals surface area contributed by atoms with Gasteiger partial charge in [-0.25, -0.2) is 0 Å². The summed E-state index contributed by atoms with van der Waals surface area (Å²) in [5.74, 6) is 0.0348. The third-order valence-corrected chi connectivity index (χ3v) is 2.05. The molecule has 0 aromatic carbocycles. The van der Waals surface area contributed by atoms with E-state index < -0.39 is 0 Å². The van der Waals surface area contributed by atoms with Crippen LogP contribution in [0.2, 0.25) is 0 Å². The second-order valence-electron chi connectivity index (χ2n) is 4.00. The monoisotopic (exact) mass is 209 g/mol. The molecule has 0 aliphatic rings. The fourth-order valence-corrected chi connectivity index (χ4v) is 1.23. The Morgan fingerprint density at radius 1 is 1.53 bits per heavy atom. The Morgan fingerprint density at radius 3 is 2.80 bits per heavy atom. The van der Waals surface area contributed by atoms with E-state index in [0.29, 0.717) is 19.1 Å². The summed E-state index contributed by atoms with van der Waals surface area (Å²) in [6.07, 6.45) is 3.96. The third-order valence-electron chi connectivity index (χ3n) is 2.05.